The summed E-state index contributed by atoms with van der Waals surface area (Å²) in [5.74, 6) is 0.113. The smallest absolute Gasteiger partial charge is 0.321 e. The predicted octanol–water partition coefficient (Wildman–Crippen LogP) is 2.57. The summed E-state index contributed by atoms with van der Waals surface area (Å²) < 4.78 is 5.40. The van der Waals surface area contributed by atoms with E-state index in [9.17, 15) is 9.90 Å². The zero-order valence-corrected chi connectivity index (χ0v) is 12.0. The van der Waals surface area contributed by atoms with E-state index in [0.717, 1.165) is 37.2 Å². The highest BCUT2D eigenvalue weighted by Gasteiger charge is 2.26. The first-order chi connectivity index (χ1) is 9.70. The molecule has 1 unspecified atom stereocenters. The van der Waals surface area contributed by atoms with Crippen molar-refractivity contribution >= 4 is 5.97 Å². The molecule has 1 N–H and O–H groups in total. The molecule has 4 nitrogen and oxygen atoms in total. The lowest BCUT2D eigenvalue weighted by Crippen LogP contribution is -2.45. The summed E-state index contributed by atoms with van der Waals surface area (Å²) in [6.07, 6.45) is 3.98. The highest BCUT2D eigenvalue weighted by molar-refractivity contribution is 5.74. The van der Waals surface area contributed by atoms with Crippen molar-refractivity contribution in [1.29, 1.82) is 0 Å². The van der Waals surface area contributed by atoms with E-state index in [1.807, 2.05) is 31.2 Å². The van der Waals surface area contributed by atoms with Crippen molar-refractivity contribution in [3.05, 3.63) is 29.8 Å². The molecule has 1 aliphatic heterocycles. The Labute approximate surface area is 120 Å². The van der Waals surface area contributed by atoms with Crippen molar-refractivity contribution in [1.82, 2.24) is 4.90 Å². The zero-order valence-electron chi connectivity index (χ0n) is 12.0. The molecule has 0 bridgehead atoms. The third kappa shape index (κ3) is 3.97. The molecule has 0 aliphatic carbocycles. The van der Waals surface area contributed by atoms with Crippen LogP contribution in [0.1, 0.15) is 31.7 Å². The molecule has 0 saturated carbocycles. The summed E-state index contributed by atoms with van der Waals surface area (Å²) in [5.41, 5.74) is 1.05. The van der Waals surface area contributed by atoms with E-state index >= 15 is 0 Å². The molecular weight excluding hydrogens is 254 g/mol. The number of aliphatic carboxylic acids is 1. The minimum absolute atomic E-state index is 0.409. The number of nitrogens with zero attached hydrogens (tertiary/aromatic N) is 1. The van der Waals surface area contributed by atoms with Crippen LogP contribution in [0.4, 0.5) is 0 Å². The molecule has 20 heavy (non-hydrogen) atoms. The van der Waals surface area contributed by atoms with Crippen LogP contribution in [0.3, 0.4) is 0 Å². The van der Waals surface area contributed by atoms with E-state index in [4.69, 9.17) is 4.74 Å². The summed E-state index contributed by atoms with van der Waals surface area (Å²) >= 11 is 0. The number of carboxylic acid groups (broad SMARTS) is 1. The van der Waals surface area contributed by atoms with Crippen molar-refractivity contribution in [2.75, 3.05) is 19.7 Å². The van der Waals surface area contributed by atoms with Crippen molar-refractivity contribution in [2.45, 2.75) is 38.6 Å². The third-order valence-corrected chi connectivity index (χ3v) is 3.78. The Kier molecular flexibility index (Phi) is 5.41. The van der Waals surface area contributed by atoms with E-state index in [-0.39, 0.29) is 0 Å². The number of likely N-dealkylation sites (tertiary alicyclic amines) is 1. The molecule has 0 radical (unpaired) electrons. The number of ether oxygens (including phenoxy) is 1. The van der Waals surface area contributed by atoms with Crippen molar-refractivity contribution in [2.24, 2.45) is 0 Å². The molecule has 1 fully saturated rings. The van der Waals surface area contributed by atoms with Gasteiger partial charge in [-0.3, -0.25) is 9.69 Å². The SMILES string of the molecule is CCOc1ccc(CC(C(=O)O)N2CCCCC2)cc1. The van der Waals surface area contributed by atoms with Crippen molar-refractivity contribution in [3.63, 3.8) is 0 Å². The summed E-state index contributed by atoms with van der Waals surface area (Å²) in [6, 6.07) is 7.34. The second kappa shape index (κ2) is 7.29. The van der Waals surface area contributed by atoms with Gasteiger partial charge in [0.1, 0.15) is 11.8 Å². The van der Waals surface area contributed by atoms with E-state index < -0.39 is 12.0 Å². The molecule has 2 rings (SSSR count). The third-order valence-electron chi connectivity index (χ3n) is 3.78. The molecule has 1 heterocycles. The first kappa shape index (κ1) is 14.9. The summed E-state index contributed by atoms with van der Waals surface area (Å²) in [6.45, 7) is 4.39. The molecule has 1 saturated heterocycles. The Morgan fingerprint density at radius 1 is 1.25 bits per heavy atom. The molecule has 1 aromatic carbocycles. The van der Waals surface area contributed by atoms with Gasteiger partial charge in [0.25, 0.3) is 0 Å². The van der Waals surface area contributed by atoms with Gasteiger partial charge in [-0.05, 0) is 57.0 Å². The highest BCUT2D eigenvalue weighted by atomic mass is 16.5. The maximum absolute atomic E-state index is 11.5. The number of carbonyl (C=O) groups is 1. The summed E-state index contributed by atoms with van der Waals surface area (Å²) in [7, 11) is 0. The largest absolute Gasteiger partial charge is 0.494 e. The van der Waals surface area contributed by atoms with Crippen LogP contribution >= 0.6 is 0 Å². The number of carboxylic acids is 1. The lowest BCUT2D eigenvalue weighted by molar-refractivity contribution is -0.143. The number of hydrogen-bond donors (Lipinski definition) is 1. The maximum atomic E-state index is 11.5. The fourth-order valence-electron chi connectivity index (χ4n) is 2.71. The quantitative estimate of drug-likeness (QED) is 0.868. The molecule has 110 valence electrons. The van der Waals surface area contributed by atoms with Crippen LogP contribution in [0.5, 0.6) is 5.75 Å². The number of rotatable bonds is 6. The van der Waals surface area contributed by atoms with Gasteiger partial charge in [-0.1, -0.05) is 18.6 Å². The summed E-state index contributed by atoms with van der Waals surface area (Å²) in [5, 5.41) is 9.46. The van der Waals surface area contributed by atoms with Gasteiger partial charge in [0.15, 0.2) is 0 Å². The maximum Gasteiger partial charge on any atom is 0.321 e. The molecule has 0 aromatic heterocycles. The van der Waals surface area contributed by atoms with Crippen molar-refractivity contribution in [3.8, 4) is 5.75 Å². The summed E-state index contributed by atoms with van der Waals surface area (Å²) in [4.78, 5) is 13.6. The Morgan fingerprint density at radius 2 is 1.90 bits per heavy atom. The minimum Gasteiger partial charge on any atom is -0.494 e. The topological polar surface area (TPSA) is 49.8 Å². The van der Waals surface area contributed by atoms with Gasteiger partial charge >= 0.3 is 5.97 Å². The van der Waals surface area contributed by atoms with Gasteiger partial charge in [0, 0.05) is 0 Å². The van der Waals surface area contributed by atoms with E-state index in [1.165, 1.54) is 6.42 Å². The van der Waals surface area contributed by atoms with Crippen LogP contribution in [-0.4, -0.2) is 41.7 Å². The molecule has 1 aliphatic rings. The fourth-order valence-corrected chi connectivity index (χ4v) is 2.71. The molecule has 0 amide bonds. The lowest BCUT2D eigenvalue weighted by Gasteiger charge is -2.32. The van der Waals surface area contributed by atoms with Crippen LogP contribution in [0.2, 0.25) is 0 Å². The number of piperidine rings is 1. The van der Waals surface area contributed by atoms with Crippen LogP contribution < -0.4 is 4.74 Å². The Bertz CT molecular complexity index is 424. The van der Waals surface area contributed by atoms with E-state index in [2.05, 4.69) is 4.90 Å². The molecule has 1 aromatic rings. The predicted molar refractivity (Wildman–Crippen MR) is 78.2 cm³/mol. The molecule has 4 heteroatoms. The average molecular weight is 277 g/mol. The number of benzene rings is 1. The van der Waals surface area contributed by atoms with Gasteiger partial charge in [-0.2, -0.15) is 0 Å². The first-order valence-electron chi connectivity index (χ1n) is 7.39. The second-order valence-corrected chi connectivity index (χ2v) is 5.23. The van der Waals surface area contributed by atoms with Crippen molar-refractivity contribution < 1.29 is 14.6 Å². The monoisotopic (exact) mass is 277 g/mol. The van der Waals surface area contributed by atoms with Gasteiger partial charge < -0.3 is 9.84 Å². The van der Waals surface area contributed by atoms with Gasteiger partial charge in [0.2, 0.25) is 0 Å². The average Bonchev–Trinajstić information content (AvgIpc) is 2.47. The Morgan fingerprint density at radius 3 is 2.45 bits per heavy atom. The lowest BCUT2D eigenvalue weighted by atomic mass is 10.0. The highest BCUT2D eigenvalue weighted by Crippen LogP contribution is 2.18. The molecule has 0 spiro atoms. The van der Waals surface area contributed by atoms with Crippen LogP contribution in [0.25, 0.3) is 0 Å². The minimum atomic E-state index is -0.721. The fraction of sp³-hybridized carbons (Fsp3) is 0.562. The Hall–Kier alpha value is -1.55. The molecule has 1 atom stereocenters. The standard InChI is InChI=1S/C16H23NO3/c1-2-20-14-8-6-13(7-9-14)12-15(16(18)19)17-10-4-3-5-11-17/h6-9,15H,2-5,10-12H2,1H3,(H,18,19). The molecular formula is C16H23NO3. The van der Waals surface area contributed by atoms with Crippen LogP contribution in [0.15, 0.2) is 24.3 Å². The van der Waals surface area contributed by atoms with Gasteiger partial charge in [0.05, 0.1) is 6.61 Å². The van der Waals surface area contributed by atoms with Crippen LogP contribution in [-0.2, 0) is 11.2 Å². The first-order valence-corrected chi connectivity index (χ1v) is 7.39. The van der Waals surface area contributed by atoms with E-state index in [1.54, 1.807) is 0 Å². The van der Waals surface area contributed by atoms with Gasteiger partial charge in [-0.25, -0.2) is 0 Å². The van der Waals surface area contributed by atoms with Crippen LogP contribution in [0, 0.1) is 0 Å². The number of hydrogen-bond acceptors (Lipinski definition) is 3. The normalized spacial score (nSPS) is 17.6. The van der Waals surface area contributed by atoms with Gasteiger partial charge in [-0.15, -0.1) is 0 Å². The zero-order chi connectivity index (χ0) is 14.4. The second-order valence-electron chi connectivity index (χ2n) is 5.23. The van der Waals surface area contributed by atoms with E-state index in [0.29, 0.717) is 13.0 Å². The Balaban J connectivity index is 2.01.